The molecule has 0 saturated heterocycles. The van der Waals surface area contributed by atoms with Gasteiger partial charge in [-0.3, -0.25) is 4.31 Å². The van der Waals surface area contributed by atoms with Gasteiger partial charge in [0.25, 0.3) is 0 Å². The van der Waals surface area contributed by atoms with Crippen LogP contribution >= 0.6 is 0 Å². The molecule has 0 radical (unpaired) electrons. The first-order valence-electron chi connectivity index (χ1n) is 5.56. The van der Waals surface area contributed by atoms with Crippen LogP contribution in [0.15, 0.2) is 30.9 Å². The minimum absolute atomic E-state index is 0.312. The third-order valence-electron chi connectivity index (χ3n) is 2.64. The molecule has 0 N–H and O–H groups in total. The lowest BCUT2D eigenvalue weighted by Gasteiger charge is -2.18. The van der Waals surface area contributed by atoms with Crippen molar-refractivity contribution in [2.24, 2.45) is 0 Å². The maximum absolute atomic E-state index is 11.6. The van der Waals surface area contributed by atoms with Crippen LogP contribution in [0.3, 0.4) is 0 Å². The van der Waals surface area contributed by atoms with Gasteiger partial charge in [-0.2, -0.15) is 0 Å². The van der Waals surface area contributed by atoms with E-state index in [1.807, 2.05) is 0 Å². The molecule has 0 aliphatic rings. The number of rotatable bonds is 5. The van der Waals surface area contributed by atoms with Crippen LogP contribution in [0, 0.1) is 0 Å². The van der Waals surface area contributed by atoms with Gasteiger partial charge in [0, 0.05) is 7.05 Å². The fourth-order valence-corrected chi connectivity index (χ4v) is 2.06. The van der Waals surface area contributed by atoms with Crippen molar-refractivity contribution < 1.29 is 17.9 Å². The molecule has 6 heteroatoms. The summed E-state index contributed by atoms with van der Waals surface area (Å²) in [6.45, 7) is 3.63. The zero-order chi connectivity index (χ0) is 14.6. The number of anilines is 1. The van der Waals surface area contributed by atoms with Crippen LogP contribution in [-0.4, -0.2) is 34.8 Å². The molecule has 1 rings (SSSR count). The molecular weight excluding hydrogens is 266 g/mol. The summed E-state index contributed by atoms with van der Waals surface area (Å²) in [5.41, 5.74) is 1.53. The fourth-order valence-electron chi connectivity index (χ4n) is 1.57. The van der Waals surface area contributed by atoms with Crippen LogP contribution in [0.4, 0.5) is 5.69 Å². The van der Waals surface area contributed by atoms with Crippen molar-refractivity contribution in [3.8, 4) is 0 Å². The highest BCUT2D eigenvalue weighted by atomic mass is 32.2. The van der Waals surface area contributed by atoms with Gasteiger partial charge in [-0.25, -0.2) is 13.2 Å². The fraction of sp³-hybridized carbons (Fsp3) is 0.308. The molecule has 104 valence electrons. The predicted molar refractivity (Wildman–Crippen MR) is 74.9 cm³/mol. The van der Waals surface area contributed by atoms with Crippen molar-refractivity contribution in [1.29, 1.82) is 0 Å². The molecular formula is C13H17NO4S. The minimum atomic E-state index is -3.38. The highest BCUT2D eigenvalue weighted by Gasteiger charge is 2.16. The lowest BCUT2D eigenvalue weighted by molar-refractivity contribution is 0.0600. The van der Waals surface area contributed by atoms with Crippen LogP contribution in [0.5, 0.6) is 0 Å². The first-order chi connectivity index (χ1) is 8.79. The Morgan fingerprint density at radius 2 is 2.05 bits per heavy atom. The van der Waals surface area contributed by atoms with Crippen molar-refractivity contribution in [1.82, 2.24) is 0 Å². The number of carbonyl (C=O) groups is 1. The first kappa shape index (κ1) is 15.2. The van der Waals surface area contributed by atoms with Crippen molar-refractivity contribution in [3.63, 3.8) is 0 Å². The van der Waals surface area contributed by atoms with E-state index in [2.05, 4.69) is 11.3 Å². The Bertz CT molecular complexity index is 593. The Balaban J connectivity index is 3.35. The molecule has 0 aromatic heterocycles. The molecule has 0 atom stereocenters. The second kappa shape index (κ2) is 5.88. The molecule has 0 unspecified atom stereocenters. The van der Waals surface area contributed by atoms with Gasteiger partial charge in [-0.05, 0) is 30.2 Å². The lowest BCUT2D eigenvalue weighted by atomic mass is 10.1. The number of esters is 1. The number of ether oxygens (including phenoxy) is 1. The van der Waals surface area contributed by atoms with E-state index < -0.39 is 16.0 Å². The number of hydrogen-bond donors (Lipinski definition) is 0. The van der Waals surface area contributed by atoms with Crippen LogP contribution in [-0.2, 0) is 21.2 Å². The molecule has 0 aliphatic heterocycles. The topological polar surface area (TPSA) is 63.7 Å². The van der Waals surface area contributed by atoms with E-state index in [1.165, 1.54) is 20.2 Å². The second-order valence-electron chi connectivity index (χ2n) is 4.10. The van der Waals surface area contributed by atoms with E-state index in [-0.39, 0.29) is 0 Å². The Kier molecular flexibility index (Phi) is 4.72. The zero-order valence-electron chi connectivity index (χ0n) is 11.2. The molecule has 5 nitrogen and oxygen atoms in total. The average Bonchev–Trinajstić information content (AvgIpc) is 2.35. The summed E-state index contributed by atoms with van der Waals surface area (Å²) in [5, 5.41) is 0. The van der Waals surface area contributed by atoms with Crippen molar-refractivity contribution in [2.45, 2.75) is 6.42 Å². The summed E-state index contributed by atoms with van der Waals surface area (Å²) in [6, 6.07) is 4.85. The maximum atomic E-state index is 11.6. The van der Waals surface area contributed by atoms with Gasteiger partial charge in [-0.15, -0.1) is 6.58 Å². The van der Waals surface area contributed by atoms with Crippen molar-refractivity contribution >= 4 is 21.7 Å². The van der Waals surface area contributed by atoms with Gasteiger partial charge >= 0.3 is 5.97 Å². The molecule has 0 saturated carbocycles. The van der Waals surface area contributed by atoms with E-state index in [9.17, 15) is 13.2 Å². The second-order valence-corrected chi connectivity index (χ2v) is 6.12. The highest BCUT2D eigenvalue weighted by molar-refractivity contribution is 7.92. The normalized spacial score (nSPS) is 10.9. The SMILES string of the molecule is C=CCc1cc(C(=O)OC)cc(N(C)S(C)(=O)=O)c1. The quantitative estimate of drug-likeness (QED) is 0.608. The summed E-state index contributed by atoms with van der Waals surface area (Å²) >= 11 is 0. The molecule has 0 aliphatic carbocycles. The highest BCUT2D eigenvalue weighted by Crippen LogP contribution is 2.21. The van der Waals surface area contributed by atoms with E-state index >= 15 is 0 Å². The first-order valence-corrected chi connectivity index (χ1v) is 7.41. The van der Waals surface area contributed by atoms with Crippen LogP contribution in [0.2, 0.25) is 0 Å². The van der Waals surface area contributed by atoms with Crippen LogP contribution < -0.4 is 4.31 Å². The Labute approximate surface area is 113 Å². The molecule has 0 bridgehead atoms. The smallest absolute Gasteiger partial charge is 0.337 e. The maximum Gasteiger partial charge on any atom is 0.337 e. The van der Waals surface area contributed by atoms with Gasteiger partial charge in [0.15, 0.2) is 0 Å². The monoisotopic (exact) mass is 283 g/mol. The average molecular weight is 283 g/mol. The number of hydrogen-bond acceptors (Lipinski definition) is 4. The van der Waals surface area contributed by atoms with Gasteiger partial charge in [0.05, 0.1) is 24.6 Å². The van der Waals surface area contributed by atoms with Gasteiger partial charge in [0.1, 0.15) is 0 Å². The third kappa shape index (κ3) is 3.82. The largest absolute Gasteiger partial charge is 0.465 e. The Morgan fingerprint density at radius 3 is 2.53 bits per heavy atom. The molecule has 0 fully saturated rings. The third-order valence-corrected chi connectivity index (χ3v) is 3.85. The zero-order valence-corrected chi connectivity index (χ0v) is 12.0. The minimum Gasteiger partial charge on any atom is -0.465 e. The van der Waals surface area contributed by atoms with E-state index in [4.69, 9.17) is 0 Å². The lowest BCUT2D eigenvalue weighted by Crippen LogP contribution is -2.25. The molecule has 0 heterocycles. The van der Waals surface area contributed by atoms with E-state index in [0.29, 0.717) is 17.7 Å². The summed E-state index contributed by atoms with van der Waals surface area (Å²) in [6.07, 6.45) is 3.32. The summed E-state index contributed by atoms with van der Waals surface area (Å²) in [5.74, 6) is -0.505. The number of allylic oxidation sites excluding steroid dienone is 1. The molecule has 0 spiro atoms. The van der Waals surface area contributed by atoms with Crippen molar-refractivity contribution in [2.75, 3.05) is 24.7 Å². The molecule has 0 amide bonds. The van der Waals surface area contributed by atoms with Crippen molar-refractivity contribution in [3.05, 3.63) is 42.0 Å². The van der Waals surface area contributed by atoms with Gasteiger partial charge < -0.3 is 4.74 Å². The number of carbonyl (C=O) groups excluding carboxylic acids is 1. The van der Waals surface area contributed by atoms with Gasteiger partial charge in [-0.1, -0.05) is 6.08 Å². The molecule has 1 aromatic rings. The number of benzene rings is 1. The predicted octanol–water partition coefficient (Wildman–Crippen LogP) is 1.60. The van der Waals surface area contributed by atoms with Crippen LogP contribution in [0.25, 0.3) is 0 Å². The number of methoxy groups -OCH3 is 1. The molecule has 1 aromatic carbocycles. The summed E-state index contributed by atoms with van der Waals surface area (Å²) in [7, 11) is -0.667. The summed E-state index contributed by atoms with van der Waals surface area (Å²) < 4.78 is 28.9. The van der Waals surface area contributed by atoms with E-state index in [0.717, 1.165) is 16.1 Å². The van der Waals surface area contributed by atoms with E-state index in [1.54, 1.807) is 18.2 Å². The van der Waals surface area contributed by atoms with Gasteiger partial charge in [0.2, 0.25) is 10.0 Å². The van der Waals surface area contributed by atoms with Crippen LogP contribution in [0.1, 0.15) is 15.9 Å². The Hall–Kier alpha value is -1.82. The Morgan fingerprint density at radius 1 is 1.42 bits per heavy atom. The number of sulfonamides is 1. The number of nitrogens with zero attached hydrogens (tertiary/aromatic N) is 1. The molecule has 19 heavy (non-hydrogen) atoms. The summed E-state index contributed by atoms with van der Waals surface area (Å²) in [4.78, 5) is 11.6. The standard InChI is InChI=1S/C13H17NO4S/c1-5-6-10-7-11(13(15)18-3)9-12(8-10)14(2)19(4,16)17/h5,7-9H,1,6H2,2-4H3.